The number of fused-ring (bicyclic) bond motifs is 2. The van der Waals surface area contributed by atoms with Crippen LogP contribution in [0.2, 0.25) is 0 Å². The molecular formula is C40H45N6NaO6. The fourth-order valence-corrected chi connectivity index (χ4v) is 6.76. The van der Waals surface area contributed by atoms with Gasteiger partial charge in [0.1, 0.15) is 6.10 Å². The number of benzene rings is 4. The molecule has 0 unspecified atom stereocenters. The van der Waals surface area contributed by atoms with Crippen molar-refractivity contribution < 1.29 is 58.7 Å². The first-order valence-electron chi connectivity index (χ1n) is 17.7. The molecule has 2 saturated heterocycles. The molecule has 0 amide bonds. The zero-order valence-electron chi connectivity index (χ0n) is 30.3. The van der Waals surface area contributed by atoms with Crippen LogP contribution in [-0.4, -0.2) is 75.1 Å². The zero-order chi connectivity index (χ0) is 35.0. The standard InChI is InChI=1S/C21H23N3O3.C19H21N3O2.Na.H2O/c1-15(25)26-18-10-12-24(13-11-18)14-16-6-5-9-19-20(16)27-23-21(19)22-17-7-3-2-4-8-17;23-16-9-11-22(12-10-16)13-14-5-4-8-17-18(14)24-21-19(17)20-15-6-2-1-3-7-15;;/h2-9,18H,10-14H2,1H3,(H,22,23);1-8,16,23H,9-13H2,(H,20,21);;1H2/q;;+1;/p-1. The molecule has 8 rings (SSSR count). The van der Waals surface area contributed by atoms with Crippen LogP contribution in [0.4, 0.5) is 23.0 Å². The molecule has 0 bridgehead atoms. The number of esters is 1. The van der Waals surface area contributed by atoms with Gasteiger partial charge < -0.3 is 35.0 Å². The number of rotatable bonds is 9. The fraction of sp³-hybridized carbons (Fsp3) is 0.325. The first-order valence-corrected chi connectivity index (χ1v) is 17.7. The number of piperidine rings is 2. The Bertz CT molecular complexity index is 2030. The molecule has 4 N–H and O–H groups in total. The van der Waals surface area contributed by atoms with Crippen LogP contribution in [-0.2, 0) is 22.6 Å². The number of carbonyl (C=O) groups excluding carboxylic acids is 1. The molecule has 13 heteroatoms. The summed E-state index contributed by atoms with van der Waals surface area (Å²) in [5, 5.41) is 26.7. The molecule has 0 aliphatic carbocycles. The van der Waals surface area contributed by atoms with Crippen LogP contribution in [0, 0.1) is 0 Å². The third kappa shape index (κ3) is 10.5. The van der Waals surface area contributed by atoms with Crippen molar-refractivity contribution in [2.24, 2.45) is 0 Å². The van der Waals surface area contributed by atoms with E-state index in [0.29, 0.717) is 0 Å². The summed E-state index contributed by atoms with van der Waals surface area (Å²) in [6, 6.07) is 32.2. The molecule has 0 spiro atoms. The van der Waals surface area contributed by atoms with Crippen LogP contribution in [0.15, 0.2) is 106 Å². The first-order chi connectivity index (χ1) is 25.0. The number of ether oxygens (including phenoxy) is 1. The van der Waals surface area contributed by atoms with Crippen molar-refractivity contribution >= 4 is 50.9 Å². The van der Waals surface area contributed by atoms with Crippen molar-refractivity contribution in [1.82, 2.24) is 20.1 Å². The predicted molar refractivity (Wildman–Crippen MR) is 200 cm³/mol. The van der Waals surface area contributed by atoms with Crippen molar-refractivity contribution in [3.8, 4) is 0 Å². The minimum Gasteiger partial charge on any atom is -0.870 e. The molecule has 2 aliphatic heterocycles. The predicted octanol–water partition coefficient (Wildman–Crippen LogP) is 4.45. The number of para-hydroxylation sites is 4. The van der Waals surface area contributed by atoms with E-state index in [0.717, 1.165) is 121 Å². The summed E-state index contributed by atoms with van der Waals surface area (Å²) in [5.41, 5.74) is 5.87. The largest absolute Gasteiger partial charge is 1.00 e. The van der Waals surface area contributed by atoms with Gasteiger partial charge in [0.2, 0.25) is 0 Å². The van der Waals surface area contributed by atoms with E-state index in [4.69, 9.17) is 13.8 Å². The van der Waals surface area contributed by atoms with Crippen LogP contribution >= 0.6 is 0 Å². The van der Waals surface area contributed by atoms with Gasteiger partial charge in [-0.2, -0.15) is 0 Å². The van der Waals surface area contributed by atoms with Crippen molar-refractivity contribution in [3.63, 3.8) is 0 Å². The number of nitrogens with one attached hydrogen (secondary N) is 2. The van der Waals surface area contributed by atoms with Gasteiger partial charge in [0.15, 0.2) is 22.8 Å². The summed E-state index contributed by atoms with van der Waals surface area (Å²) < 4.78 is 16.6. The van der Waals surface area contributed by atoms with E-state index in [1.54, 1.807) is 0 Å². The Morgan fingerprint density at radius 3 is 1.57 bits per heavy atom. The van der Waals surface area contributed by atoms with Gasteiger partial charge in [-0.05, 0) is 62.1 Å². The molecule has 2 aromatic heterocycles. The fourth-order valence-electron chi connectivity index (χ4n) is 6.76. The SMILES string of the molecule is CC(=O)OC1CCN(Cc2cccc3c(Nc4ccccc4)noc23)CC1.OC1CCN(Cc2cccc3c(Nc4ccccc4)noc23)CC1.[Na+].[OH-]. The Hall–Kier alpha value is -4.27. The Kier molecular flexibility index (Phi) is 14.4. The molecule has 4 aromatic carbocycles. The smallest absolute Gasteiger partial charge is 0.870 e. The first kappa shape index (κ1) is 39.9. The van der Waals surface area contributed by atoms with Gasteiger partial charge in [-0.1, -0.05) is 71.0 Å². The van der Waals surface area contributed by atoms with Crippen LogP contribution in [0.5, 0.6) is 0 Å². The average Bonchev–Trinajstić information content (AvgIpc) is 3.76. The van der Waals surface area contributed by atoms with Gasteiger partial charge in [0.05, 0.1) is 16.9 Å². The molecule has 272 valence electrons. The second-order valence-electron chi connectivity index (χ2n) is 13.2. The Morgan fingerprint density at radius 2 is 1.13 bits per heavy atom. The molecule has 6 aromatic rings. The van der Waals surface area contributed by atoms with Crippen LogP contribution < -0.4 is 40.2 Å². The van der Waals surface area contributed by atoms with Gasteiger partial charge >= 0.3 is 35.5 Å². The Labute approximate surface area is 331 Å². The number of nitrogens with zero attached hydrogens (tertiary/aromatic N) is 4. The van der Waals surface area contributed by atoms with Gasteiger partial charge in [-0.3, -0.25) is 14.6 Å². The maximum atomic E-state index is 11.1. The van der Waals surface area contributed by atoms with E-state index in [-0.39, 0.29) is 53.2 Å². The van der Waals surface area contributed by atoms with E-state index in [1.165, 1.54) is 6.92 Å². The third-order valence-electron chi connectivity index (χ3n) is 9.45. The monoisotopic (exact) mass is 728 g/mol. The molecule has 2 fully saturated rings. The molecule has 53 heavy (non-hydrogen) atoms. The maximum absolute atomic E-state index is 11.1. The molecule has 0 atom stereocenters. The van der Waals surface area contributed by atoms with E-state index in [9.17, 15) is 9.90 Å². The summed E-state index contributed by atoms with van der Waals surface area (Å²) in [6.07, 6.45) is 3.31. The van der Waals surface area contributed by atoms with Gasteiger partial charge in [-0.15, -0.1) is 0 Å². The van der Waals surface area contributed by atoms with E-state index >= 15 is 0 Å². The number of aromatic nitrogens is 2. The van der Waals surface area contributed by atoms with Crippen molar-refractivity contribution in [3.05, 3.63) is 108 Å². The normalized spacial score (nSPS) is 15.5. The number of hydrogen-bond donors (Lipinski definition) is 3. The summed E-state index contributed by atoms with van der Waals surface area (Å²) in [5.74, 6) is 1.28. The van der Waals surface area contributed by atoms with Crippen molar-refractivity contribution in [2.75, 3.05) is 36.8 Å². The van der Waals surface area contributed by atoms with E-state index in [2.05, 4.69) is 42.9 Å². The summed E-state index contributed by atoms with van der Waals surface area (Å²) in [6.45, 7) is 6.73. The minimum atomic E-state index is -0.196. The van der Waals surface area contributed by atoms with Crippen LogP contribution in [0.1, 0.15) is 43.7 Å². The van der Waals surface area contributed by atoms with Gasteiger partial charge in [-0.25, -0.2) is 0 Å². The second-order valence-corrected chi connectivity index (χ2v) is 13.2. The second kappa shape index (κ2) is 19.2. The third-order valence-corrected chi connectivity index (χ3v) is 9.45. The number of hydrogen-bond acceptors (Lipinski definition) is 12. The maximum Gasteiger partial charge on any atom is 1.00 e. The molecule has 0 radical (unpaired) electrons. The number of aliphatic hydroxyl groups excluding tert-OH is 1. The summed E-state index contributed by atoms with van der Waals surface area (Å²) in [4.78, 5) is 15.8. The molecular weight excluding hydrogens is 683 g/mol. The number of aliphatic hydroxyl groups is 1. The summed E-state index contributed by atoms with van der Waals surface area (Å²) >= 11 is 0. The number of anilines is 4. The molecule has 4 heterocycles. The molecule has 0 saturated carbocycles. The number of likely N-dealkylation sites (tertiary alicyclic amines) is 2. The number of carbonyl (C=O) groups is 1. The van der Waals surface area contributed by atoms with Gasteiger partial charge in [0.25, 0.3) is 0 Å². The average molecular weight is 729 g/mol. The molecule has 2 aliphatic rings. The van der Waals surface area contributed by atoms with E-state index in [1.807, 2.05) is 84.9 Å². The Morgan fingerprint density at radius 1 is 0.698 bits per heavy atom. The van der Waals surface area contributed by atoms with Crippen molar-refractivity contribution in [2.45, 2.75) is 57.9 Å². The minimum absolute atomic E-state index is 0. The van der Waals surface area contributed by atoms with Crippen LogP contribution in [0.25, 0.3) is 21.9 Å². The quantitative estimate of drug-likeness (QED) is 0.142. The summed E-state index contributed by atoms with van der Waals surface area (Å²) in [7, 11) is 0. The van der Waals surface area contributed by atoms with Crippen molar-refractivity contribution in [1.29, 1.82) is 0 Å². The van der Waals surface area contributed by atoms with Gasteiger partial charge in [0, 0.05) is 68.7 Å². The molecule has 12 nitrogen and oxygen atoms in total. The Balaban J connectivity index is 0.000000198. The topological polar surface area (TPSA) is 159 Å². The zero-order valence-corrected chi connectivity index (χ0v) is 32.3. The van der Waals surface area contributed by atoms with E-state index < -0.39 is 0 Å². The van der Waals surface area contributed by atoms with Crippen LogP contribution in [0.3, 0.4) is 0 Å².